The highest BCUT2D eigenvalue weighted by atomic mass is 16.5. The molecular formula is C19H32N2O6. The van der Waals surface area contributed by atoms with Gasteiger partial charge >= 0.3 is 0 Å². The molecule has 8 heteroatoms. The molecule has 27 heavy (non-hydrogen) atoms. The molecule has 154 valence electrons. The summed E-state index contributed by atoms with van der Waals surface area (Å²) in [6.45, 7) is 4.48. The van der Waals surface area contributed by atoms with Crippen LogP contribution in [-0.2, 0) is 23.8 Å². The second-order valence-corrected chi connectivity index (χ2v) is 7.67. The third-order valence-electron chi connectivity index (χ3n) is 5.62. The molecule has 3 saturated heterocycles. The van der Waals surface area contributed by atoms with Crippen molar-refractivity contribution < 1.29 is 28.9 Å². The Bertz CT molecular complexity index is 510. The van der Waals surface area contributed by atoms with Gasteiger partial charge in [0.15, 0.2) is 0 Å². The maximum absolute atomic E-state index is 13.2. The minimum absolute atomic E-state index is 0.0155. The Balaban J connectivity index is 1.67. The van der Waals surface area contributed by atoms with E-state index in [2.05, 4.69) is 5.32 Å². The Morgan fingerprint density at radius 1 is 1.11 bits per heavy atom. The average Bonchev–Trinajstić information content (AvgIpc) is 2.65. The smallest absolute Gasteiger partial charge is 0.226 e. The molecule has 0 spiro atoms. The molecule has 8 nitrogen and oxygen atoms in total. The summed E-state index contributed by atoms with van der Waals surface area (Å²) in [5.41, 5.74) is 0. The second kappa shape index (κ2) is 9.82. The summed E-state index contributed by atoms with van der Waals surface area (Å²) >= 11 is 0. The summed E-state index contributed by atoms with van der Waals surface area (Å²) in [4.78, 5) is 26.9. The lowest BCUT2D eigenvalue weighted by atomic mass is 9.91. The van der Waals surface area contributed by atoms with Crippen LogP contribution in [0.4, 0.5) is 0 Å². The van der Waals surface area contributed by atoms with Gasteiger partial charge in [-0.2, -0.15) is 0 Å². The largest absolute Gasteiger partial charge is 0.389 e. The Hall–Kier alpha value is -1.22. The Labute approximate surface area is 160 Å². The van der Waals surface area contributed by atoms with Gasteiger partial charge in [0.05, 0.1) is 37.9 Å². The molecule has 0 radical (unpaired) electrons. The molecule has 2 N–H and O–H groups in total. The maximum atomic E-state index is 13.2. The van der Waals surface area contributed by atoms with E-state index >= 15 is 0 Å². The van der Waals surface area contributed by atoms with E-state index in [0.29, 0.717) is 39.2 Å². The minimum Gasteiger partial charge on any atom is -0.389 e. The third kappa shape index (κ3) is 5.40. The molecule has 0 saturated carbocycles. The van der Waals surface area contributed by atoms with Gasteiger partial charge in [-0.15, -0.1) is 0 Å². The van der Waals surface area contributed by atoms with Crippen LogP contribution in [-0.4, -0.2) is 85.7 Å². The molecule has 3 rings (SSSR count). The molecule has 3 aliphatic heterocycles. The molecule has 3 fully saturated rings. The molecular weight excluding hydrogens is 352 g/mol. The van der Waals surface area contributed by atoms with Gasteiger partial charge in [0.25, 0.3) is 0 Å². The molecule has 0 aromatic rings. The van der Waals surface area contributed by atoms with E-state index in [4.69, 9.17) is 14.2 Å². The third-order valence-corrected chi connectivity index (χ3v) is 5.62. The van der Waals surface area contributed by atoms with Crippen LogP contribution in [0.5, 0.6) is 0 Å². The second-order valence-electron chi connectivity index (χ2n) is 7.67. The van der Waals surface area contributed by atoms with Gasteiger partial charge < -0.3 is 29.5 Å². The predicted molar refractivity (Wildman–Crippen MR) is 97.1 cm³/mol. The van der Waals surface area contributed by atoms with E-state index in [1.165, 1.54) is 0 Å². The first-order valence-electron chi connectivity index (χ1n) is 10.1. The van der Waals surface area contributed by atoms with E-state index in [0.717, 1.165) is 19.3 Å². The maximum Gasteiger partial charge on any atom is 0.226 e. The summed E-state index contributed by atoms with van der Waals surface area (Å²) in [6, 6.07) is -0.124. The molecule has 2 amide bonds. The SMILES string of the molecule is CCNC(=O)C[C@@H]1CC[C@@H]2[C@H](COC[C@@H](O)CN2C(=O)C2CCOCC2)O1. The highest BCUT2D eigenvalue weighted by Gasteiger charge is 2.41. The highest BCUT2D eigenvalue weighted by molar-refractivity contribution is 5.79. The summed E-state index contributed by atoms with van der Waals surface area (Å²) in [6.07, 6.45) is 2.11. The number of aliphatic hydroxyl groups is 1. The summed E-state index contributed by atoms with van der Waals surface area (Å²) < 4.78 is 17.1. The standard InChI is InChI=1S/C19H32N2O6/c1-2-20-18(23)9-15-3-4-16-17(27-15)12-26-11-14(22)10-21(16)19(24)13-5-7-25-8-6-13/h13-17,22H,2-12H2,1H3,(H,20,23)/t14-,15-,16+,17-/m0/s1. The van der Waals surface area contributed by atoms with Crippen molar-refractivity contribution in [2.75, 3.05) is 39.5 Å². The number of fused-ring (bicyclic) bond motifs is 1. The van der Waals surface area contributed by atoms with Crippen LogP contribution in [0, 0.1) is 5.92 Å². The van der Waals surface area contributed by atoms with Crippen LogP contribution in [0.2, 0.25) is 0 Å². The van der Waals surface area contributed by atoms with Gasteiger partial charge in [-0.05, 0) is 32.6 Å². The number of β-amino-alcohol motifs (C(OH)–C–C–N with tert-alkyl or cyclic N) is 1. The number of hydrogen-bond acceptors (Lipinski definition) is 6. The van der Waals surface area contributed by atoms with Crippen molar-refractivity contribution in [3.63, 3.8) is 0 Å². The number of carbonyl (C=O) groups is 2. The quantitative estimate of drug-likeness (QED) is 0.712. The van der Waals surface area contributed by atoms with E-state index < -0.39 is 6.10 Å². The molecule has 0 aromatic carbocycles. The predicted octanol–water partition coefficient (Wildman–Crippen LogP) is 0.0751. The average molecular weight is 384 g/mol. The molecule has 3 heterocycles. The zero-order valence-corrected chi connectivity index (χ0v) is 16.1. The number of amides is 2. The van der Waals surface area contributed by atoms with E-state index in [1.807, 2.05) is 11.8 Å². The molecule has 0 aliphatic carbocycles. The topological polar surface area (TPSA) is 97.3 Å². The van der Waals surface area contributed by atoms with Gasteiger partial charge in [-0.25, -0.2) is 0 Å². The van der Waals surface area contributed by atoms with Crippen molar-refractivity contribution in [2.45, 2.75) is 63.4 Å². The number of aliphatic hydroxyl groups excluding tert-OH is 1. The summed E-state index contributed by atoms with van der Waals surface area (Å²) in [5.74, 6) is 0.0123. The van der Waals surface area contributed by atoms with E-state index in [-0.39, 0.29) is 49.1 Å². The van der Waals surface area contributed by atoms with Crippen molar-refractivity contribution in [1.29, 1.82) is 0 Å². The minimum atomic E-state index is -0.692. The lowest BCUT2D eigenvalue weighted by Crippen LogP contribution is -2.58. The van der Waals surface area contributed by atoms with Crippen molar-refractivity contribution in [3.05, 3.63) is 0 Å². The number of hydrogen-bond donors (Lipinski definition) is 2. The van der Waals surface area contributed by atoms with Crippen LogP contribution in [0.1, 0.15) is 39.0 Å². The van der Waals surface area contributed by atoms with Crippen LogP contribution < -0.4 is 5.32 Å². The monoisotopic (exact) mass is 384 g/mol. The Morgan fingerprint density at radius 2 is 1.89 bits per heavy atom. The van der Waals surface area contributed by atoms with Gasteiger partial charge in [0, 0.05) is 32.2 Å². The van der Waals surface area contributed by atoms with Crippen LogP contribution in [0.15, 0.2) is 0 Å². The molecule has 0 unspecified atom stereocenters. The zero-order valence-electron chi connectivity index (χ0n) is 16.1. The lowest BCUT2D eigenvalue weighted by Gasteiger charge is -2.45. The first-order chi connectivity index (χ1) is 13.1. The molecule has 0 bridgehead atoms. The highest BCUT2D eigenvalue weighted by Crippen LogP contribution is 2.30. The van der Waals surface area contributed by atoms with E-state index in [1.54, 1.807) is 0 Å². The number of carbonyl (C=O) groups excluding carboxylic acids is 2. The fourth-order valence-electron chi connectivity index (χ4n) is 4.25. The number of nitrogens with one attached hydrogen (secondary N) is 1. The molecule has 3 aliphatic rings. The van der Waals surface area contributed by atoms with Crippen LogP contribution >= 0.6 is 0 Å². The first kappa shape index (κ1) is 20.5. The van der Waals surface area contributed by atoms with Crippen LogP contribution in [0.25, 0.3) is 0 Å². The summed E-state index contributed by atoms with van der Waals surface area (Å²) in [7, 11) is 0. The lowest BCUT2D eigenvalue weighted by molar-refractivity contribution is -0.173. The number of ether oxygens (including phenoxy) is 3. The van der Waals surface area contributed by atoms with Gasteiger partial charge in [0.1, 0.15) is 6.10 Å². The van der Waals surface area contributed by atoms with Gasteiger partial charge in [-0.1, -0.05) is 0 Å². The Morgan fingerprint density at radius 3 is 2.63 bits per heavy atom. The fourth-order valence-corrected chi connectivity index (χ4v) is 4.25. The van der Waals surface area contributed by atoms with Crippen molar-refractivity contribution in [2.24, 2.45) is 5.92 Å². The normalized spacial score (nSPS) is 32.9. The number of nitrogens with zero attached hydrogens (tertiary/aromatic N) is 1. The Kier molecular flexibility index (Phi) is 7.46. The summed E-state index contributed by atoms with van der Waals surface area (Å²) in [5, 5.41) is 13.0. The van der Waals surface area contributed by atoms with Gasteiger partial charge in [0.2, 0.25) is 11.8 Å². The zero-order chi connectivity index (χ0) is 19.2. The van der Waals surface area contributed by atoms with Crippen molar-refractivity contribution in [1.82, 2.24) is 10.2 Å². The molecule has 4 atom stereocenters. The number of rotatable bonds is 4. The molecule has 0 aromatic heterocycles. The first-order valence-corrected chi connectivity index (χ1v) is 10.1. The van der Waals surface area contributed by atoms with Gasteiger partial charge in [-0.3, -0.25) is 9.59 Å². The van der Waals surface area contributed by atoms with Crippen LogP contribution in [0.3, 0.4) is 0 Å². The van der Waals surface area contributed by atoms with Crippen molar-refractivity contribution in [3.8, 4) is 0 Å². The van der Waals surface area contributed by atoms with Crippen molar-refractivity contribution >= 4 is 11.8 Å². The fraction of sp³-hybridized carbons (Fsp3) is 0.895. The van der Waals surface area contributed by atoms with E-state index in [9.17, 15) is 14.7 Å².